The van der Waals surface area contributed by atoms with E-state index in [0.29, 0.717) is 10.6 Å². The maximum atomic E-state index is 12.9. The monoisotopic (exact) mass is 447 g/mol. The summed E-state index contributed by atoms with van der Waals surface area (Å²) >= 11 is 6.22. The van der Waals surface area contributed by atoms with Gasteiger partial charge in [0.1, 0.15) is 6.61 Å². The number of morpholine rings is 1. The average Bonchev–Trinajstić information content (AvgIpc) is 2.68. The van der Waals surface area contributed by atoms with E-state index in [1.807, 2.05) is 0 Å². The molecular formula is C17H22ClN3O7S. The predicted octanol–water partition coefficient (Wildman–Crippen LogP) is -0.124. The maximum Gasteiger partial charge on any atom is 0.290 e. The standard InChI is InChI=1S/C16H20ClN3O5S.CH2O2/c17-12-4-2-1-3-11(12)14-15(25-9-13(21)19-14)16(22)20-7-5-10(6-8-20)26(18,23)24;2-1-3/h1-4,10,14-15H,5-9H2,(H,19,21)(H2,18,23,24);1H,(H,2,3)/t14-,15+;/m1./s1. The zero-order valence-electron chi connectivity index (χ0n) is 15.4. The second kappa shape index (κ2) is 10.0. The highest BCUT2D eigenvalue weighted by Gasteiger charge is 2.40. The van der Waals surface area contributed by atoms with Crippen molar-refractivity contribution < 1.29 is 32.6 Å². The number of nitrogens with two attached hydrogens (primary N) is 1. The van der Waals surface area contributed by atoms with E-state index >= 15 is 0 Å². The van der Waals surface area contributed by atoms with Crippen LogP contribution in [0.3, 0.4) is 0 Å². The Morgan fingerprint density at radius 3 is 2.45 bits per heavy atom. The van der Waals surface area contributed by atoms with E-state index in [1.165, 1.54) is 0 Å². The maximum absolute atomic E-state index is 12.9. The van der Waals surface area contributed by atoms with Crippen LogP contribution in [0, 0.1) is 0 Å². The third kappa shape index (κ3) is 5.89. The number of carbonyl (C=O) groups excluding carboxylic acids is 2. The number of rotatable bonds is 3. The topological polar surface area (TPSA) is 156 Å². The number of halogens is 1. The number of benzene rings is 1. The number of carbonyl (C=O) groups is 3. The van der Waals surface area contributed by atoms with E-state index < -0.39 is 27.4 Å². The number of sulfonamides is 1. The second-order valence-corrected chi connectivity index (χ2v) is 8.77. The molecule has 2 saturated heterocycles. The molecular weight excluding hydrogens is 426 g/mol. The fourth-order valence-electron chi connectivity index (χ4n) is 3.32. The summed E-state index contributed by atoms with van der Waals surface area (Å²) in [7, 11) is -3.61. The van der Waals surface area contributed by atoms with Crippen molar-refractivity contribution >= 4 is 39.9 Å². The summed E-state index contributed by atoms with van der Waals surface area (Å²) in [5.41, 5.74) is 0.597. The van der Waals surface area contributed by atoms with Crippen LogP contribution in [0.1, 0.15) is 24.4 Å². The lowest BCUT2D eigenvalue weighted by Crippen LogP contribution is -2.55. The van der Waals surface area contributed by atoms with Gasteiger partial charge in [-0.1, -0.05) is 29.8 Å². The summed E-state index contributed by atoms with van der Waals surface area (Å²) in [6.07, 6.45) is -0.362. The zero-order valence-corrected chi connectivity index (χ0v) is 16.9. The molecule has 29 heavy (non-hydrogen) atoms. The lowest BCUT2D eigenvalue weighted by molar-refractivity contribution is -0.155. The van der Waals surface area contributed by atoms with Gasteiger partial charge in [0, 0.05) is 18.1 Å². The van der Waals surface area contributed by atoms with E-state index in [1.54, 1.807) is 29.2 Å². The first-order valence-electron chi connectivity index (χ1n) is 8.72. The Morgan fingerprint density at radius 1 is 1.31 bits per heavy atom. The number of likely N-dealkylation sites (tertiary alicyclic amines) is 1. The van der Waals surface area contributed by atoms with Gasteiger partial charge in [-0.3, -0.25) is 14.4 Å². The van der Waals surface area contributed by atoms with Crippen molar-refractivity contribution in [1.29, 1.82) is 0 Å². The van der Waals surface area contributed by atoms with Crippen LogP contribution in [0.25, 0.3) is 0 Å². The van der Waals surface area contributed by atoms with Gasteiger partial charge in [0.15, 0.2) is 6.10 Å². The summed E-state index contributed by atoms with van der Waals surface area (Å²) in [6, 6.07) is 6.23. The first-order valence-corrected chi connectivity index (χ1v) is 10.7. The highest BCUT2D eigenvalue weighted by Crippen LogP contribution is 2.30. The van der Waals surface area contributed by atoms with Crippen molar-refractivity contribution in [3.05, 3.63) is 34.9 Å². The summed E-state index contributed by atoms with van der Waals surface area (Å²) in [5.74, 6) is -0.630. The molecule has 2 aliphatic heterocycles. The highest BCUT2D eigenvalue weighted by atomic mass is 35.5. The van der Waals surface area contributed by atoms with Crippen LogP contribution in [-0.4, -0.2) is 67.8 Å². The Bertz CT molecular complexity index is 856. The minimum absolute atomic E-state index is 0.217. The number of primary sulfonamides is 1. The molecule has 12 heteroatoms. The largest absolute Gasteiger partial charge is 0.483 e. The van der Waals surface area contributed by atoms with Crippen molar-refractivity contribution in [2.24, 2.45) is 5.14 Å². The Morgan fingerprint density at radius 2 is 1.90 bits per heavy atom. The summed E-state index contributed by atoms with van der Waals surface area (Å²) < 4.78 is 28.4. The van der Waals surface area contributed by atoms with E-state index in [9.17, 15) is 18.0 Å². The number of amides is 2. The molecule has 2 aliphatic rings. The first kappa shape index (κ1) is 23.1. The van der Waals surface area contributed by atoms with Crippen LogP contribution in [0.5, 0.6) is 0 Å². The first-order chi connectivity index (χ1) is 13.7. The van der Waals surface area contributed by atoms with E-state index in [4.69, 9.17) is 31.4 Å². The van der Waals surface area contributed by atoms with Crippen LogP contribution in [0.4, 0.5) is 0 Å². The fraction of sp³-hybridized carbons (Fsp3) is 0.471. The van der Waals surface area contributed by atoms with Crippen LogP contribution in [0.15, 0.2) is 24.3 Å². The van der Waals surface area contributed by atoms with Crippen LogP contribution < -0.4 is 10.5 Å². The Labute approximate surface area is 173 Å². The number of nitrogens with one attached hydrogen (secondary N) is 1. The van der Waals surface area contributed by atoms with Crippen molar-refractivity contribution in [2.45, 2.75) is 30.2 Å². The van der Waals surface area contributed by atoms with Gasteiger partial charge in [0.05, 0.1) is 11.3 Å². The third-order valence-corrected chi connectivity index (χ3v) is 6.46. The summed E-state index contributed by atoms with van der Waals surface area (Å²) in [4.78, 5) is 34.6. The van der Waals surface area contributed by atoms with Crippen molar-refractivity contribution in [2.75, 3.05) is 19.7 Å². The quantitative estimate of drug-likeness (QED) is 0.545. The van der Waals surface area contributed by atoms with Crippen LogP contribution >= 0.6 is 11.6 Å². The molecule has 0 aromatic heterocycles. The van der Waals surface area contributed by atoms with Crippen molar-refractivity contribution in [3.8, 4) is 0 Å². The lowest BCUT2D eigenvalue weighted by atomic mass is 9.98. The normalized spacial score (nSPS) is 22.8. The molecule has 0 bridgehead atoms. The molecule has 160 valence electrons. The molecule has 4 N–H and O–H groups in total. The van der Waals surface area contributed by atoms with Gasteiger partial charge < -0.3 is 20.1 Å². The number of nitrogens with zero attached hydrogens (tertiary/aromatic N) is 1. The highest BCUT2D eigenvalue weighted by molar-refractivity contribution is 7.89. The smallest absolute Gasteiger partial charge is 0.290 e. The molecule has 3 rings (SSSR count). The van der Waals surface area contributed by atoms with E-state index in [-0.39, 0.29) is 50.8 Å². The predicted molar refractivity (Wildman–Crippen MR) is 103 cm³/mol. The van der Waals surface area contributed by atoms with Crippen molar-refractivity contribution in [3.63, 3.8) is 0 Å². The molecule has 10 nitrogen and oxygen atoms in total. The molecule has 0 spiro atoms. The summed E-state index contributed by atoms with van der Waals surface area (Å²) in [5, 5.41) is 14.6. The number of hydrogen-bond acceptors (Lipinski definition) is 6. The lowest BCUT2D eigenvalue weighted by Gasteiger charge is -2.37. The van der Waals surface area contributed by atoms with Gasteiger partial charge in [-0.25, -0.2) is 13.6 Å². The zero-order chi connectivity index (χ0) is 21.6. The molecule has 0 saturated carbocycles. The SMILES string of the molecule is NS(=O)(=O)C1CCN(C(=O)[C@H]2OCC(=O)N[C@@H]2c2ccccc2Cl)CC1.O=CO. The third-order valence-electron chi connectivity index (χ3n) is 4.72. The molecule has 0 unspecified atom stereocenters. The summed E-state index contributed by atoms with van der Waals surface area (Å²) in [6.45, 7) is 0.0664. The number of carboxylic acid groups (broad SMARTS) is 1. The van der Waals surface area contributed by atoms with Crippen molar-refractivity contribution in [1.82, 2.24) is 10.2 Å². The van der Waals surface area contributed by atoms with E-state index in [2.05, 4.69) is 5.32 Å². The average molecular weight is 448 g/mol. The second-order valence-electron chi connectivity index (χ2n) is 6.52. The fourth-order valence-corrected chi connectivity index (χ4v) is 4.44. The van der Waals surface area contributed by atoms with Gasteiger partial charge in [-0.15, -0.1) is 0 Å². The van der Waals surface area contributed by atoms with Crippen LogP contribution in [0.2, 0.25) is 5.02 Å². The van der Waals surface area contributed by atoms with Gasteiger partial charge in [-0.05, 0) is 24.5 Å². The Balaban J connectivity index is 0.000000941. The number of ether oxygens (including phenoxy) is 1. The molecule has 2 atom stereocenters. The molecule has 1 aromatic rings. The van der Waals surface area contributed by atoms with Crippen LogP contribution in [-0.2, 0) is 29.1 Å². The molecule has 1 aromatic carbocycles. The van der Waals surface area contributed by atoms with E-state index in [0.717, 1.165) is 0 Å². The minimum Gasteiger partial charge on any atom is -0.483 e. The number of hydrogen-bond donors (Lipinski definition) is 3. The van der Waals surface area contributed by atoms with Gasteiger partial charge in [-0.2, -0.15) is 0 Å². The molecule has 2 amide bonds. The van der Waals surface area contributed by atoms with Gasteiger partial charge in [0.2, 0.25) is 15.9 Å². The number of piperidine rings is 1. The Hall–Kier alpha value is -2.21. The van der Waals surface area contributed by atoms with Gasteiger partial charge >= 0.3 is 0 Å². The van der Waals surface area contributed by atoms with Gasteiger partial charge in [0.25, 0.3) is 12.4 Å². The minimum atomic E-state index is -3.61. The molecule has 0 radical (unpaired) electrons. The Kier molecular flexibility index (Phi) is 7.96. The molecule has 0 aliphatic carbocycles. The molecule has 2 fully saturated rings. The molecule has 2 heterocycles.